The maximum absolute atomic E-state index is 13.0. The van der Waals surface area contributed by atoms with Crippen LogP contribution in [0.2, 0.25) is 0 Å². The molecule has 0 aliphatic heterocycles. The van der Waals surface area contributed by atoms with Crippen LogP contribution in [-0.4, -0.2) is 72.7 Å². The number of amides is 4. The van der Waals surface area contributed by atoms with Crippen LogP contribution in [0, 0.1) is 0 Å². The van der Waals surface area contributed by atoms with Crippen LogP contribution >= 0.6 is 0 Å². The van der Waals surface area contributed by atoms with E-state index in [1.165, 1.54) is 0 Å². The third kappa shape index (κ3) is 20.3. The van der Waals surface area contributed by atoms with E-state index in [0.29, 0.717) is 45.2 Å². The van der Waals surface area contributed by atoms with Crippen molar-refractivity contribution < 1.29 is 33.4 Å². The Kier molecular flexibility index (Phi) is 15.1. The maximum Gasteiger partial charge on any atom is 0.408 e. The Morgan fingerprint density at radius 3 is 1.66 bits per heavy atom. The van der Waals surface area contributed by atoms with E-state index in [1.807, 2.05) is 0 Å². The smallest absolute Gasteiger partial charge is 0.408 e. The van der Waals surface area contributed by atoms with E-state index in [-0.39, 0.29) is 6.54 Å². The SMILES string of the molecule is CC(C)(C)OC(=O)NCCC[C@@H](CNC(=O)[C@H](CCCCN)NC(=O)OC(C)(C)C)NC(=O)OC(C)(C)C. The number of nitrogens with one attached hydrogen (secondary N) is 4. The van der Waals surface area contributed by atoms with Crippen LogP contribution in [0.15, 0.2) is 0 Å². The van der Waals surface area contributed by atoms with Gasteiger partial charge >= 0.3 is 18.3 Å². The summed E-state index contributed by atoms with van der Waals surface area (Å²) in [4.78, 5) is 49.5. The highest BCUT2D eigenvalue weighted by atomic mass is 16.6. The van der Waals surface area contributed by atoms with Crippen LogP contribution in [0.1, 0.15) is 94.4 Å². The number of unbranched alkanes of at least 4 members (excludes halogenated alkanes) is 1. The number of hydrogen-bond acceptors (Lipinski definition) is 8. The quantitative estimate of drug-likeness (QED) is 0.173. The zero-order valence-corrected chi connectivity index (χ0v) is 24.7. The fraction of sp³-hybridized carbons (Fsp3) is 0.846. The standard InChI is InChI=1S/C26H51N5O7/c1-24(2,3)36-21(33)28-16-12-13-18(30-22(34)37-25(4,5)6)17-29-20(32)19(14-10-11-15-27)31-23(35)38-26(7,8)9/h18-19H,10-17,27H2,1-9H3,(H,28,33)(H,29,32)(H,30,34)(H,31,35)/t18-,19-/m0/s1. The minimum absolute atomic E-state index is 0.0912. The molecule has 0 spiro atoms. The molecule has 0 rings (SSSR count). The lowest BCUT2D eigenvalue weighted by Crippen LogP contribution is -2.52. The summed E-state index contributed by atoms with van der Waals surface area (Å²) in [6.07, 6.45) is 0.819. The van der Waals surface area contributed by atoms with E-state index in [2.05, 4.69) is 21.3 Å². The molecule has 0 aromatic heterocycles. The van der Waals surface area contributed by atoms with Crippen LogP contribution < -0.4 is 27.0 Å². The van der Waals surface area contributed by atoms with Gasteiger partial charge in [-0.1, -0.05) is 0 Å². The summed E-state index contributed by atoms with van der Waals surface area (Å²) in [6.45, 7) is 16.7. The van der Waals surface area contributed by atoms with E-state index in [4.69, 9.17) is 19.9 Å². The van der Waals surface area contributed by atoms with Crippen LogP contribution in [-0.2, 0) is 19.0 Å². The summed E-state index contributed by atoms with van der Waals surface area (Å²) in [5, 5.41) is 10.9. The monoisotopic (exact) mass is 545 g/mol. The molecular weight excluding hydrogens is 494 g/mol. The lowest BCUT2D eigenvalue weighted by atomic mass is 10.1. The molecule has 12 nitrogen and oxygen atoms in total. The van der Waals surface area contributed by atoms with Gasteiger partial charge in [0, 0.05) is 19.1 Å². The van der Waals surface area contributed by atoms with Crippen LogP contribution in [0.25, 0.3) is 0 Å². The lowest BCUT2D eigenvalue weighted by molar-refractivity contribution is -0.123. The van der Waals surface area contributed by atoms with Gasteiger partial charge in [0.15, 0.2) is 0 Å². The number of carbonyl (C=O) groups is 4. The van der Waals surface area contributed by atoms with Crippen molar-refractivity contribution in [2.45, 2.75) is 123 Å². The first-order valence-electron chi connectivity index (χ1n) is 13.2. The Balaban J connectivity index is 5.17. The molecule has 0 saturated heterocycles. The van der Waals surface area contributed by atoms with Gasteiger partial charge in [-0.25, -0.2) is 14.4 Å². The van der Waals surface area contributed by atoms with E-state index in [0.717, 1.165) is 0 Å². The third-order valence-electron chi connectivity index (χ3n) is 4.60. The fourth-order valence-corrected chi connectivity index (χ4v) is 3.11. The topological polar surface area (TPSA) is 170 Å². The van der Waals surface area contributed by atoms with E-state index >= 15 is 0 Å². The van der Waals surface area contributed by atoms with Gasteiger partial charge in [0.1, 0.15) is 22.8 Å². The average molecular weight is 546 g/mol. The molecule has 0 unspecified atom stereocenters. The van der Waals surface area contributed by atoms with Crippen LogP contribution in [0.5, 0.6) is 0 Å². The first-order valence-corrected chi connectivity index (χ1v) is 13.2. The minimum Gasteiger partial charge on any atom is -0.444 e. The van der Waals surface area contributed by atoms with Crippen molar-refractivity contribution >= 4 is 24.2 Å². The summed E-state index contributed by atoms with van der Waals surface area (Å²) in [7, 11) is 0. The Morgan fingerprint density at radius 2 is 1.16 bits per heavy atom. The number of alkyl carbamates (subject to hydrolysis) is 3. The van der Waals surface area contributed by atoms with Gasteiger partial charge in [0.2, 0.25) is 5.91 Å². The number of ether oxygens (including phenoxy) is 3. The van der Waals surface area contributed by atoms with Gasteiger partial charge in [0.05, 0.1) is 0 Å². The van der Waals surface area contributed by atoms with Crippen molar-refractivity contribution in [1.82, 2.24) is 21.3 Å². The van der Waals surface area contributed by atoms with Gasteiger partial charge in [-0.3, -0.25) is 4.79 Å². The Morgan fingerprint density at radius 1 is 0.658 bits per heavy atom. The van der Waals surface area contributed by atoms with E-state index < -0.39 is 53.1 Å². The highest BCUT2D eigenvalue weighted by Crippen LogP contribution is 2.10. The van der Waals surface area contributed by atoms with Crippen LogP contribution in [0.4, 0.5) is 14.4 Å². The predicted molar refractivity (Wildman–Crippen MR) is 146 cm³/mol. The van der Waals surface area contributed by atoms with E-state index in [9.17, 15) is 19.2 Å². The van der Waals surface area contributed by atoms with Gasteiger partial charge in [-0.2, -0.15) is 0 Å². The zero-order valence-electron chi connectivity index (χ0n) is 24.7. The molecule has 2 atom stereocenters. The molecule has 0 aromatic carbocycles. The van der Waals surface area contributed by atoms with Crippen molar-refractivity contribution in [3.63, 3.8) is 0 Å². The van der Waals surface area contributed by atoms with Crippen molar-refractivity contribution in [3.8, 4) is 0 Å². The van der Waals surface area contributed by atoms with Crippen molar-refractivity contribution in [2.24, 2.45) is 5.73 Å². The molecule has 0 aliphatic carbocycles. The molecule has 6 N–H and O–H groups in total. The third-order valence-corrected chi connectivity index (χ3v) is 4.60. The first kappa shape index (κ1) is 35.2. The summed E-state index contributed by atoms with van der Waals surface area (Å²) in [6, 6.07) is -1.31. The summed E-state index contributed by atoms with van der Waals surface area (Å²) < 4.78 is 15.9. The summed E-state index contributed by atoms with van der Waals surface area (Å²) >= 11 is 0. The molecule has 222 valence electrons. The molecule has 0 fully saturated rings. The normalized spacial score (nSPS) is 13.5. The zero-order chi connectivity index (χ0) is 29.6. The largest absolute Gasteiger partial charge is 0.444 e. The highest BCUT2D eigenvalue weighted by molar-refractivity contribution is 5.85. The number of nitrogens with two attached hydrogens (primary N) is 1. The van der Waals surface area contributed by atoms with Gasteiger partial charge in [-0.05, 0) is 101 Å². The van der Waals surface area contributed by atoms with Crippen LogP contribution in [0.3, 0.4) is 0 Å². The number of hydrogen-bond donors (Lipinski definition) is 5. The molecule has 4 amide bonds. The van der Waals surface area contributed by atoms with Gasteiger partial charge in [-0.15, -0.1) is 0 Å². The molecule has 0 aromatic rings. The lowest BCUT2D eigenvalue weighted by Gasteiger charge is -2.26. The average Bonchev–Trinajstić information content (AvgIpc) is 2.70. The molecule has 0 aliphatic rings. The number of rotatable bonds is 13. The summed E-state index contributed by atoms with van der Waals surface area (Å²) in [5.41, 5.74) is 3.56. The van der Waals surface area contributed by atoms with Crippen molar-refractivity contribution in [3.05, 3.63) is 0 Å². The molecule has 12 heteroatoms. The van der Waals surface area contributed by atoms with Crippen molar-refractivity contribution in [2.75, 3.05) is 19.6 Å². The molecule has 0 heterocycles. The van der Waals surface area contributed by atoms with Crippen molar-refractivity contribution in [1.29, 1.82) is 0 Å². The number of carbonyl (C=O) groups excluding carboxylic acids is 4. The molecule has 38 heavy (non-hydrogen) atoms. The Hall–Kier alpha value is -2.76. The minimum atomic E-state index is -0.826. The second-order valence-electron chi connectivity index (χ2n) is 12.1. The Bertz CT molecular complexity index is 755. The first-order chi connectivity index (χ1) is 17.3. The Labute approximate surface area is 227 Å². The van der Waals surface area contributed by atoms with E-state index in [1.54, 1.807) is 62.3 Å². The fourth-order valence-electron chi connectivity index (χ4n) is 3.11. The highest BCUT2D eigenvalue weighted by Gasteiger charge is 2.26. The predicted octanol–water partition coefficient (Wildman–Crippen LogP) is 3.32. The van der Waals surface area contributed by atoms with Gasteiger partial charge in [0.25, 0.3) is 0 Å². The summed E-state index contributed by atoms with van der Waals surface area (Å²) in [5.74, 6) is -0.407. The second kappa shape index (κ2) is 16.3. The van der Waals surface area contributed by atoms with Gasteiger partial charge < -0.3 is 41.2 Å². The molecule has 0 saturated carbocycles. The molecular formula is C26H51N5O7. The molecule has 0 bridgehead atoms. The second-order valence-corrected chi connectivity index (χ2v) is 12.1. The molecule has 0 radical (unpaired) electrons. The maximum atomic E-state index is 13.0.